The Bertz CT molecular complexity index is 411. The lowest BCUT2D eigenvalue weighted by atomic mass is 10.3. The lowest BCUT2D eigenvalue weighted by Gasteiger charge is -2.06. The highest BCUT2D eigenvalue weighted by molar-refractivity contribution is 8.13. The lowest BCUT2D eigenvalue weighted by Crippen LogP contribution is -2.32. The quantitative estimate of drug-likeness (QED) is 0.521. The minimum atomic E-state index is -5.29. The third-order valence-electron chi connectivity index (χ3n) is 1.71. The molecule has 0 heterocycles. The second-order valence-corrected chi connectivity index (χ2v) is 4.46. The first kappa shape index (κ1) is 18.4. The number of ether oxygens (including phenoxy) is 1. The van der Waals surface area contributed by atoms with Crippen molar-refractivity contribution < 1.29 is 42.2 Å². The number of carboxylic acids is 1. The number of alkyl halides is 3. The van der Waals surface area contributed by atoms with Gasteiger partial charge in [-0.15, -0.1) is 0 Å². The zero-order chi connectivity index (χ0) is 15.9. The maximum Gasteiger partial charge on any atom is 0.491 e. The van der Waals surface area contributed by atoms with Gasteiger partial charge < -0.3 is 15.6 Å². The van der Waals surface area contributed by atoms with Crippen LogP contribution >= 0.6 is 11.8 Å². The Balaban J connectivity index is 3.99. The van der Waals surface area contributed by atoms with Gasteiger partial charge in [0.15, 0.2) is 5.12 Å². The number of carbonyl (C=O) groups is 4. The van der Waals surface area contributed by atoms with Crippen molar-refractivity contribution in [3.8, 4) is 0 Å². The normalized spacial score (nSPS) is 12.6. The zero-order valence-electron chi connectivity index (χ0n) is 9.81. The summed E-state index contributed by atoms with van der Waals surface area (Å²) >= 11 is 0.520. The van der Waals surface area contributed by atoms with Crippen molar-refractivity contribution in [2.75, 3.05) is 5.75 Å². The van der Waals surface area contributed by atoms with Gasteiger partial charge in [-0.2, -0.15) is 13.2 Å². The van der Waals surface area contributed by atoms with Crippen LogP contribution < -0.4 is 5.73 Å². The predicted molar refractivity (Wildman–Crippen MR) is 59.5 cm³/mol. The first-order valence-corrected chi connectivity index (χ1v) is 5.98. The molecule has 0 aliphatic carbocycles. The third kappa shape index (κ3) is 7.74. The van der Waals surface area contributed by atoms with Crippen molar-refractivity contribution in [2.45, 2.75) is 25.1 Å². The summed E-state index contributed by atoms with van der Waals surface area (Å²) in [5.41, 5.74) is 5.10. The topological polar surface area (TPSA) is 124 Å². The maximum absolute atomic E-state index is 11.7. The van der Waals surface area contributed by atoms with E-state index in [1.165, 1.54) is 0 Å². The van der Waals surface area contributed by atoms with Crippen molar-refractivity contribution in [3.63, 3.8) is 0 Å². The van der Waals surface area contributed by atoms with Crippen LogP contribution in [0.3, 0.4) is 0 Å². The van der Waals surface area contributed by atoms with E-state index in [1.807, 2.05) is 0 Å². The number of esters is 2. The number of hydrogen-bond acceptors (Lipinski definition) is 7. The summed E-state index contributed by atoms with van der Waals surface area (Å²) in [6, 6.07) is -1.28. The van der Waals surface area contributed by atoms with Crippen molar-refractivity contribution in [1.29, 1.82) is 0 Å². The molecule has 0 aliphatic rings. The van der Waals surface area contributed by atoms with E-state index in [2.05, 4.69) is 4.74 Å². The average Bonchev–Trinajstić information content (AvgIpc) is 2.31. The van der Waals surface area contributed by atoms with Crippen LogP contribution in [0.5, 0.6) is 0 Å². The summed E-state index contributed by atoms with van der Waals surface area (Å²) in [7, 11) is 0. The summed E-state index contributed by atoms with van der Waals surface area (Å²) in [6.07, 6.45) is -6.51. The standard InChI is InChI=1S/C9H10F3NO6S/c10-9(11,12)8(18)19-5(14)1-2-6(15)20-3-4(13)7(16)17/h4H,1-3,13H2,(H,16,17)/t4-/m0/s1. The summed E-state index contributed by atoms with van der Waals surface area (Å²) in [5.74, 6) is -5.72. The molecule has 11 heteroatoms. The molecule has 0 aromatic rings. The molecule has 0 rings (SSSR count). The van der Waals surface area contributed by atoms with Gasteiger partial charge in [-0.05, 0) is 0 Å². The van der Waals surface area contributed by atoms with E-state index >= 15 is 0 Å². The molecule has 20 heavy (non-hydrogen) atoms. The van der Waals surface area contributed by atoms with Gasteiger partial charge in [0.25, 0.3) is 0 Å². The summed E-state index contributed by atoms with van der Waals surface area (Å²) in [6.45, 7) is 0. The van der Waals surface area contributed by atoms with E-state index in [9.17, 15) is 32.3 Å². The zero-order valence-corrected chi connectivity index (χ0v) is 10.6. The second-order valence-electron chi connectivity index (χ2n) is 3.39. The number of thioether (sulfide) groups is 1. The van der Waals surface area contributed by atoms with Crippen LogP contribution in [0.4, 0.5) is 13.2 Å². The molecular weight excluding hydrogens is 307 g/mol. The Hall–Kier alpha value is -1.62. The highest BCUT2D eigenvalue weighted by atomic mass is 32.2. The molecule has 0 amide bonds. The minimum absolute atomic E-state index is 0.245. The second kappa shape index (κ2) is 7.85. The predicted octanol–water partition coefficient (Wildman–Crippen LogP) is 0.0704. The van der Waals surface area contributed by atoms with Gasteiger partial charge >= 0.3 is 24.1 Å². The van der Waals surface area contributed by atoms with E-state index in [1.54, 1.807) is 0 Å². The van der Waals surface area contributed by atoms with Gasteiger partial charge in [-0.3, -0.25) is 14.4 Å². The lowest BCUT2D eigenvalue weighted by molar-refractivity contribution is -0.201. The van der Waals surface area contributed by atoms with Crippen molar-refractivity contribution in [3.05, 3.63) is 0 Å². The molecule has 1 atom stereocenters. The Morgan fingerprint density at radius 2 is 1.75 bits per heavy atom. The number of rotatable bonds is 6. The average molecular weight is 317 g/mol. The molecule has 0 radical (unpaired) electrons. The highest BCUT2D eigenvalue weighted by Crippen LogP contribution is 2.17. The molecule has 0 saturated carbocycles. The van der Waals surface area contributed by atoms with E-state index in [4.69, 9.17) is 10.8 Å². The van der Waals surface area contributed by atoms with Crippen molar-refractivity contribution in [1.82, 2.24) is 0 Å². The molecule has 0 bridgehead atoms. The third-order valence-corrected chi connectivity index (χ3v) is 2.76. The molecule has 0 aromatic carbocycles. The Morgan fingerprint density at radius 3 is 2.20 bits per heavy atom. The molecule has 0 aromatic heterocycles. The molecule has 3 N–H and O–H groups in total. The first-order valence-electron chi connectivity index (χ1n) is 5.00. The van der Waals surface area contributed by atoms with Crippen LogP contribution in [-0.4, -0.2) is 46.1 Å². The number of hydrogen-bond donors (Lipinski definition) is 2. The SMILES string of the molecule is N[C@@H](CSC(=O)CCC(=O)OC(=O)C(F)(F)F)C(=O)O. The Morgan fingerprint density at radius 1 is 1.20 bits per heavy atom. The van der Waals surface area contributed by atoms with Crippen LogP contribution in [0, 0.1) is 0 Å². The molecule has 0 fully saturated rings. The van der Waals surface area contributed by atoms with Crippen LogP contribution in [0.15, 0.2) is 0 Å². The smallest absolute Gasteiger partial charge is 0.480 e. The van der Waals surface area contributed by atoms with Crippen LogP contribution in [-0.2, 0) is 23.9 Å². The van der Waals surface area contributed by atoms with Gasteiger partial charge in [-0.25, -0.2) is 4.79 Å². The fraction of sp³-hybridized carbons (Fsp3) is 0.556. The molecule has 0 spiro atoms. The number of aliphatic carboxylic acids is 1. The number of carboxylic acid groups (broad SMARTS) is 1. The Kier molecular flexibility index (Phi) is 7.21. The number of nitrogens with two attached hydrogens (primary N) is 1. The molecule has 0 aliphatic heterocycles. The molecule has 114 valence electrons. The first-order chi connectivity index (χ1) is 9.04. The van der Waals surface area contributed by atoms with E-state index < -0.39 is 48.1 Å². The highest BCUT2D eigenvalue weighted by Gasteiger charge is 2.42. The summed E-state index contributed by atoms with van der Waals surface area (Å²) in [5, 5.41) is 7.77. The number of halogens is 3. The summed E-state index contributed by atoms with van der Waals surface area (Å²) in [4.78, 5) is 42.6. The number of carbonyl (C=O) groups excluding carboxylic acids is 3. The molecule has 0 saturated heterocycles. The summed E-state index contributed by atoms with van der Waals surface area (Å²) < 4.78 is 38.6. The van der Waals surface area contributed by atoms with Gasteiger partial charge in [0, 0.05) is 12.2 Å². The largest absolute Gasteiger partial charge is 0.491 e. The van der Waals surface area contributed by atoms with Crippen molar-refractivity contribution in [2.24, 2.45) is 5.73 Å². The Labute approximate surface area is 114 Å². The molecule has 0 unspecified atom stereocenters. The van der Waals surface area contributed by atoms with E-state index in [0.717, 1.165) is 0 Å². The monoisotopic (exact) mass is 317 g/mol. The van der Waals surface area contributed by atoms with Crippen LogP contribution in [0.1, 0.15) is 12.8 Å². The van der Waals surface area contributed by atoms with Crippen molar-refractivity contribution >= 4 is 34.8 Å². The van der Waals surface area contributed by atoms with Crippen LogP contribution in [0.2, 0.25) is 0 Å². The minimum Gasteiger partial charge on any atom is -0.480 e. The fourth-order valence-electron chi connectivity index (χ4n) is 0.743. The van der Waals surface area contributed by atoms with Crippen LogP contribution in [0.25, 0.3) is 0 Å². The van der Waals surface area contributed by atoms with Gasteiger partial charge in [0.2, 0.25) is 0 Å². The van der Waals surface area contributed by atoms with E-state index in [-0.39, 0.29) is 5.75 Å². The molecule has 7 nitrogen and oxygen atoms in total. The van der Waals surface area contributed by atoms with Gasteiger partial charge in [0.1, 0.15) is 6.04 Å². The van der Waals surface area contributed by atoms with Gasteiger partial charge in [-0.1, -0.05) is 11.8 Å². The fourth-order valence-corrected chi connectivity index (χ4v) is 1.50. The van der Waals surface area contributed by atoms with E-state index in [0.29, 0.717) is 11.8 Å². The maximum atomic E-state index is 11.7. The molecular formula is C9H10F3NO6S. The van der Waals surface area contributed by atoms with Gasteiger partial charge in [0.05, 0.1) is 6.42 Å².